The van der Waals surface area contributed by atoms with Gasteiger partial charge in [-0.05, 0) is 59.3 Å². The van der Waals surface area contributed by atoms with Crippen LogP contribution in [0.25, 0.3) is 0 Å². The number of hydrogen-bond acceptors (Lipinski definition) is 11. The number of methoxy groups -OCH3 is 1. The number of phosphoric ester groups is 1. The summed E-state index contributed by atoms with van der Waals surface area (Å²) >= 11 is 0. The van der Waals surface area contributed by atoms with Gasteiger partial charge in [0.05, 0.1) is 53.0 Å². The lowest BCUT2D eigenvalue weighted by molar-refractivity contribution is -0.870. The molecule has 0 bridgehead atoms. The highest BCUT2D eigenvalue weighted by Crippen LogP contribution is 2.59. The van der Waals surface area contributed by atoms with Crippen LogP contribution in [0.1, 0.15) is 195 Å². The first-order valence-corrected chi connectivity index (χ1v) is 27.4. The van der Waals surface area contributed by atoms with Gasteiger partial charge in [-0.1, -0.05) is 134 Å². The molecule has 2 saturated heterocycles. The minimum absolute atomic E-state index is 0.00193. The fraction of sp³-hybridized carbons (Fsp3) is 0.922. The van der Waals surface area contributed by atoms with Gasteiger partial charge in [0.1, 0.15) is 42.7 Å². The second-order valence-corrected chi connectivity index (χ2v) is 22.2. The van der Waals surface area contributed by atoms with Gasteiger partial charge in [0, 0.05) is 26.6 Å². The Hall–Kier alpha value is -1.41. The summed E-state index contributed by atoms with van der Waals surface area (Å²) in [6.45, 7) is 10.2. The number of carbonyl (C=O) groups excluding carboxylic acids is 2. The molecule has 3 fully saturated rings. The normalized spacial score (nSPS) is 25.2. The maximum atomic E-state index is 13.0. The van der Waals surface area contributed by atoms with Crippen molar-refractivity contribution in [1.29, 1.82) is 0 Å². The molecule has 2 unspecified atom stereocenters. The monoisotopic (exact) mass is 945 g/mol. The zero-order chi connectivity index (χ0) is 47.6. The summed E-state index contributed by atoms with van der Waals surface area (Å²) in [5, 5.41) is 0. The summed E-state index contributed by atoms with van der Waals surface area (Å²) in [5.74, 6) is -0.582. The predicted octanol–water partition coefficient (Wildman–Crippen LogP) is 11.4. The molecule has 0 amide bonds. The van der Waals surface area contributed by atoms with Crippen molar-refractivity contribution >= 4 is 19.8 Å². The highest BCUT2D eigenvalue weighted by molar-refractivity contribution is 7.47. The van der Waals surface area contributed by atoms with Crippen LogP contribution in [0, 0.1) is 5.92 Å². The summed E-state index contributed by atoms with van der Waals surface area (Å²) < 4.78 is 59.6. The van der Waals surface area contributed by atoms with E-state index in [2.05, 4.69) is 33.8 Å². The highest BCUT2D eigenvalue weighted by Gasteiger charge is 2.72. The Balaban J connectivity index is 1.28. The van der Waals surface area contributed by atoms with Crippen molar-refractivity contribution in [3.05, 3.63) is 11.6 Å². The van der Waals surface area contributed by atoms with Crippen molar-refractivity contribution in [2.75, 3.05) is 67.8 Å². The van der Waals surface area contributed by atoms with Crippen molar-refractivity contribution in [3.8, 4) is 0 Å². The third-order valence-electron chi connectivity index (χ3n) is 13.5. The molecule has 8 atom stereocenters. The third kappa shape index (κ3) is 24.1. The zero-order valence-corrected chi connectivity index (χ0v) is 43.3. The number of carbonyl (C=O) groups is 2. The fourth-order valence-electron chi connectivity index (χ4n) is 9.34. The number of likely N-dealkylation sites (N-methyl/N-ethyl adjacent to an activating group) is 1. The summed E-state index contributed by atoms with van der Waals surface area (Å²) in [4.78, 5) is 36.2. The van der Waals surface area contributed by atoms with Crippen LogP contribution in [0.2, 0.25) is 0 Å². The molecular weight excluding hydrogens is 850 g/mol. The molecule has 0 aromatic rings. The number of esters is 2. The Labute approximate surface area is 395 Å². The number of allylic oxidation sites excluding steroid dienone is 1. The first-order chi connectivity index (χ1) is 31.0. The number of hydrogen-bond donors (Lipinski definition) is 1. The van der Waals surface area contributed by atoms with Crippen LogP contribution in [0.15, 0.2) is 11.6 Å². The lowest BCUT2D eigenvalue weighted by atomic mass is 9.68. The molecule has 65 heavy (non-hydrogen) atoms. The SMILES string of the molecule is CCCCCCCCCCCCCCCCCOC[C@H](COP(=O)(O)OCC[N+](C)(C)C)OC(=O)CCCCCCCCC(=O)O[C@@H]1CC[C@]2(CO2)[C@@H]([C@@]2(C)OC2CC=C(C)C)[C@@H]1OC. The average Bonchev–Trinajstić information content (AvgIpc) is 4.17. The van der Waals surface area contributed by atoms with E-state index in [0.29, 0.717) is 43.5 Å². The number of phosphoric acid groups is 1. The molecule has 0 aromatic heterocycles. The molecule has 0 aromatic carbocycles. The molecule has 0 radical (unpaired) electrons. The van der Waals surface area contributed by atoms with Crippen LogP contribution in [0.5, 0.6) is 0 Å². The largest absolute Gasteiger partial charge is 0.472 e. The molecule has 1 N–H and O–H groups in total. The maximum Gasteiger partial charge on any atom is 0.472 e. The van der Waals surface area contributed by atoms with E-state index in [1.807, 2.05) is 21.1 Å². The number of quaternary nitrogens is 1. The molecule has 1 aliphatic carbocycles. The van der Waals surface area contributed by atoms with E-state index in [1.165, 1.54) is 89.0 Å². The van der Waals surface area contributed by atoms with Crippen LogP contribution in [-0.4, -0.2) is 125 Å². The topological polar surface area (TPSA) is 152 Å². The second-order valence-electron chi connectivity index (χ2n) is 20.8. The predicted molar refractivity (Wildman–Crippen MR) is 257 cm³/mol. The van der Waals surface area contributed by atoms with Crippen LogP contribution >= 0.6 is 7.82 Å². The Morgan fingerprint density at radius 2 is 1.32 bits per heavy atom. The van der Waals surface area contributed by atoms with Gasteiger partial charge in [-0.3, -0.25) is 18.6 Å². The number of nitrogens with zero attached hydrogens (tertiary/aromatic N) is 1. The lowest BCUT2D eigenvalue weighted by Gasteiger charge is -2.42. The van der Waals surface area contributed by atoms with Gasteiger partial charge in [0.25, 0.3) is 0 Å². The number of unbranched alkanes of at least 4 members (excludes halogenated alkanes) is 19. The third-order valence-corrected chi connectivity index (χ3v) is 14.5. The van der Waals surface area contributed by atoms with Crippen molar-refractivity contribution in [2.24, 2.45) is 5.92 Å². The molecule has 1 saturated carbocycles. The van der Waals surface area contributed by atoms with Gasteiger partial charge in [-0.15, -0.1) is 0 Å². The second kappa shape index (κ2) is 30.9. The minimum Gasteiger partial charge on any atom is -0.460 e. The standard InChI is InChI=1S/C51H94NO12P/c1-9-10-11-12-13-14-15-16-17-18-19-20-23-26-29-37-58-39-43(40-61-65(55,56)60-38-36-52(5,6)7)62-46(53)30-27-24-21-22-25-28-31-47(54)63-44-34-35-51(41-59-51)49(48(44)57-8)50(4)45(64-50)33-32-42(2)3/h32,43-45,48-49H,9-31,33-41H2,1-8H3/p+1/t43-,44-,45?,48-,49-,50+,51+/m1/s1. The van der Waals surface area contributed by atoms with E-state index in [9.17, 15) is 19.0 Å². The van der Waals surface area contributed by atoms with Crippen molar-refractivity contribution in [1.82, 2.24) is 0 Å². The molecule has 2 heterocycles. The molecule has 2 aliphatic heterocycles. The number of rotatable bonds is 40. The molecule has 14 heteroatoms. The summed E-state index contributed by atoms with van der Waals surface area (Å²) in [7, 11) is 3.26. The lowest BCUT2D eigenvalue weighted by Crippen LogP contribution is -2.55. The molecule has 380 valence electrons. The first kappa shape index (κ1) is 57.9. The van der Waals surface area contributed by atoms with Crippen molar-refractivity contribution in [2.45, 2.75) is 230 Å². The van der Waals surface area contributed by atoms with Crippen molar-refractivity contribution < 1.29 is 61.0 Å². The van der Waals surface area contributed by atoms with E-state index >= 15 is 0 Å². The molecule has 3 aliphatic rings. The van der Waals surface area contributed by atoms with Gasteiger partial charge in [-0.2, -0.15) is 0 Å². The van der Waals surface area contributed by atoms with E-state index in [1.54, 1.807) is 7.11 Å². The van der Waals surface area contributed by atoms with Gasteiger partial charge in [0.2, 0.25) is 0 Å². The van der Waals surface area contributed by atoms with Crippen LogP contribution in [-0.2, 0) is 51.6 Å². The Morgan fingerprint density at radius 3 is 1.85 bits per heavy atom. The van der Waals surface area contributed by atoms with Gasteiger partial charge in [-0.25, -0.2) is 4.57 Å². The molecule has 13 nitrogen and oxygen atoms in total. The van der Waals surface area contributed by atoms with Gasteiger partial charge >= 0.3 is 19.8 Å². The van der Waals surface area contributed by atoms with E-state index in [0.717, 1.165) is 57.8 Å². The molecule has 3 rings (SSSR count). The summed E-state index contributed by atoms with van der Waals surface area (Å²) in [6.07, 6.45) is 28.2. The summed E-state index contributed by atoms with van der Waals surface area (Å²) in [6, 6.07) is 0. The van der Waals surface area contributed by atoms with Crippen LogP contribution < -0.4 is 0 Å². The van der Waals surface area contributed by atoms with Crippen LogP contribution in [0.4, 0.5) is 0 Å². The Morgan fingerprint density at radius 1 is 0.785 bits per heavy atom. The molecular formula is C51H95NO12P+. The first-order valence-electron chi connectivity index (χ1n) is 25.9. The number of epoxide rings is 2. The Bertz CT molecular complexity index is 1400. The van der Waals surface area contributed by atoms with Crippen LogP contribution in [0.3, 0.4) is 0 Å². The average molecular weight is 945 g/mol. The molecule has 1 spiro atoms. The number of ether oxygens (including phenoxy) is 6. The Kier molecular flexibility index (Phi) is 27.6. The zero-order valence-electron chi connectivity index (χ0n) is 42.4. The maximum absolute atomic E-state index is 13.0. The highest BCUT2D eigenvalue weighted by atomic mass is 31.2. The minimum atomic E-state index is -4.33. The van der Waals surface area contributed by atoms with E-state index in [4.69, 9.17) is 37.5 Å². The van der Waals surface area contributed by atoms with E-state index in [-0.39, 0.29) is 73.6 Å². The smallest absolute Gasteiger partial charge is 0.460 e. The van der Waals surface area contributed by atoms with Gasteiger partial charge < -0.3 is 37.8 Å². The fourth-order valence-corrected chi connectivity index (χ4v) is 10.1. The summed E-state index contributed by atoms with van der Waals surface area (Å²) in [5.41, 5.74) is 0.646. The van der Waals surface area contributed by atoms with Crippen molar-refractivity contribution in [3.63, 3.8) is 0 Å². The van der Waals surface area contributed by atoms with Gasteiger partial charge in [0.15, 0.2) is 0 Å². The van der Waals surface area contributed by atoms with E-state index < -0.39 is 13.9 Å². The quantitative estimate of drug-likeness (QED) is 0.0155.